The molecule has 4 N–H and O–H groups in total. The van der Waals surface area contributed by atoms with Crippen LogP contribution in [-0.2, 0) is 0 Å². The molecule has 1 saturated heterocycles. The van der Waals surface area contributed by atoms with Crippen LogP contribution in [0.4, 0.5) is 5.82 Å². The highest BCUT2D eigenvalue weighted by atomic mass is 16.3. The van der Waals surface area contributed by atoms with Gasteiger partial charge in [0.25, 0.3) is 5.91 Å². The minimum atomic E-state index is -0.0606. The first-order chi connectivity index (χ1) is 9.13. The summed E-state index contributed by atoms with van der Waals surface area (Å²) in [6.45, 7) is 5.67. The topological polar surface area (TPSA) is 98.5 Å². The number of aromatic nitrogens is 2. The van der Waals surface area contributed by atoms with Gasteiger partial charge < -0.3 is 15.7 Å². The van der Waals surface area contributed by atoms with E-state index in [2.05, 4.69) is 15.1 Å². The molecule has 1 aliphatic rings. The first kappa shape index (κ1) is 13.8. The number of amides is 1. The summed E-state index contributed by atoms with van der Waals surface area (Å²) in [6.07, 6.45) is 0.905. The van der Waals surface area contributed by atoms with E-state index in [-0.39, 0.29) is 18.3 Å². The molecule has 1 fully saturated rings. The smallest absolute Gasteiger partial charge is 0.259 e. The molecular weight excluding hydrogens is 246 g/mol. The van der Waals surface area contributed by atoms with Crippen LogP contribution in [0.1, 0.15) is 22.5 Å². The van der Waals surface area contributed by atoms with Gasteiger partial charge in [0.15, 0.2) is 5.82 Å². The van der Waals surface area contributed by atoms with Crippen LogP contribution in [0.25, 0.3) is 0 Å². The Bertz CT molecular complexity index is 426. The Morgan fingerprint density at radius 3 is 2.84 bits per heavy atom. The largest absolute Gasteiger partial charge is 0.395 e. The average Bonchev–Trinajstić information content (AvgIpc) is 2.61. The summed E-state index contributed by atoms with van der Waals surface area (Å²) in [5.74, 6) is 0.202. The Morgan fingerprint density at radius 1 is 1.42 bits per heavy atom. The Balaban J connectivity index is 2.04. The predicted molar refractivity (Wildman–Crippen MR) is 71.8 cm³/mol. The molecule has 2 heterocycles. The second-order valence-corrected chi connectivity index (χ2v) is 4.82. The standard InChI is InChI=1S/C12H21N5O2/c1-9-10(11(13)15-14-9)12(19)17-4-2-3-16(5-6-17)7-8-18/h18H,2-8H2,1H3,(H3,13,14,15). The maximum atomic E-state index is 12.4. The molecule has 7 heteroatoms. The van der Waals surface area contributed by atoms with Gasteiger partial charge in [-0.15, -0.1) is 0 Å². The van der Waals surface area contributed by atoms with Crippen LogP contribution in [0.2, 0.25) is 0 Å². The zero-order valence-electron chi connectivity index (χ0n) is 11.2. The number of aliphatic hydroxyl groups excluding tert-OH is 1. The van der Waals surface area contributed by atoms with E-state index in [9.17, 15) is 4.79 Å². The quantitative estimate of drug-likeness (QED) is 0.682. The van der Waals surface area contributed by atoms with Crippen molar-refractivity contribution in [1.29, 1.82) is 0 Å². The fourth-order valence-corrected chi connectivity index (χ4v) is 2.42. The van der Waals surface area contributed by atoms with Crippen molar-refractivity contribution in [3.05, 3.63) is 11.3 Å². The minimum Gasteiger partial charge on any atom is -0.395 e. The van der Waals surface area contributed by atoms with Gasteiger partial charge >= 0.3 is 0 Å². The molecule has 0 aliphatic carbocycles. The van der Waals surface area contributed by atoms with Gasteiger partial charge in [-0.25, -0.2) is 0 Å². The van der Waals surface area contributed by atoms with Crippen LogP contribution >= 0.6 is 0 Å². The Kier molecular flexibility index (Phi) is 4.39. The zero-order valence-corrected chi connectivity index (χ0v) is 11.2. The van der Waals surface area contributed by atoms with Crippen molar-refractivity contribution in [2.24, 2.45) is 0 Å². The Labute approximate surface area is 112 Å². The molecule has 0 bridgehead atoms. The third kappa shape index (κ3) is 3.05. The fourth-order valence-electron chi connectivity index (χ4n) is 2.42. The van der Waals surface area contributed by atoms with Crippen molar-refractivity contribution in [3.8, 4) is 0 Å². The summed E-state index contributed by atoms with van der Waals surface area (Å²) in [6, 6.07) is 0. The number of nitrogen functional groups attached to an aromatic ring is 1. The van der Waals surface area contributed by atoms with Gasteiger partial charge in [-0.3, -0.25) is 14.8 Å². The number of carbonyl (C=O) groups excluding carboxylic acids is 1. The number of nitrogens with two attached hydrogens (primary N) is 1. The molecule has 0 radical (unpaired) electrons. The molecule has 0 aromatic carbocycles. The monoisotopic (exact) mass is 267 g/mol. The Morgan fingerprint density at radius 2 is 2.21 bits per heavy atom. The van der Waals surface area contributed by atoms with Gasteiger partial charge in [0, 0.05) is 31.9 Å². The molecule has 106 valence electrons. The summed E-state index contributed by atoms with van der Waals surface area (Å²) >= 11 is 0. The number of rotatable bonds is 3. The van der Waals surface area contributed by atoms with E-state index in [1.807, 2.05) is 4.90 Å². The molecular formula is C12H21N5O2. The number of aromatic amines is 1. The van der Waals surface area contributed by atoms with Gasteiger partial charge in [0.2, 0.25) is 0 Å². The molecule has 7 nitrogen and oxygen atoms in total. The first-order valence-corrected chi connectivity index (χ1v) is 6.56. The fraction of sp³-hybridized carbons (Fsp3) is 0.667. The van der Waals surface area contributed by atoms with E-state index in [1.165, 1.54) is 0 Å². The number of hydrogen-bond donors (Lipinski definition) is 3. The van der Waals surface area contributed by atoms with Crippen molar-refractivity contribution in [2.75, 3.05) is 45.1 Å². The highest BCUT2D eigenvalue weighted by Crippen LogP contribution is 2.16. The summed E-state index contributed by atoms with van der Waals surface area (Å²) < 4.78 is 0. The summed E-state index contributed by atoms with van der Waals surface area (Å²) in [7, 11) is 0. The van der Waals surface area contributed by atoms with Crippen molar-refractivity contribution in [1.82, 2.24) is 20.0 Å². The normalized spacial score (nSPS) is 17.5. The van der Waals surface area contributed by atoms with E-state index in [4.69, 9.17) is 10.8 Å². The number of anilines is 1. The molecule has 19 heavy (non-hydrogen) atoms. The van der Waals surface area contributed by atoms with E-state index in [0.29, 0.717) is 30.9 Å². The van der Waals surface area contributed by atoms with Gasteiger partial charge in [0.05, 0.1) is 6.61 Å². The number of hydrogen-bond acceptors (Lipinski definition) is 5. The van der Waals surface area contributed by atoms with Crippen LogP contribution in [0, 0.1) is 6.92 Å². The lowest BCUT2D eigenvalue weighted by Gasteiger charge is -2.21. The number of aliphatic hydroxyl groups is 1. The lowest BCUT2D eigenvalue weighted by molar-refractivity contribution is 0.0761. The van der Waals surface area contributed by atoms with E-state index in [0.717, 1.165) is 19.5 Å². The molecule has 1 aliphatic heterocycles. The van der Waals surface area contributed by atoms with Crippen molar-refractivity contribution >= 4 is 11.7 Å². The first-order valence-electron chi connectivity index (χ1n) is 6.56. The second kappa shape index (κ2) is 6.03. The second-order valence-electron chi connectivity index (χ2n) is 4.82. The third-order valence-electron chi connectivity index (χ3n) is 3.48. The van der Waals surface area contributed by atoms with Crippen molar-refractivity contribution in [2.45, 2.75) is 13.3 Å². The molecule has 1 amide bonds. The number of nitrogens with zero attached hydrogens (tertiary/aromatic N) is 3. The predicted octanol–water partition coefficient (Wildman–Crippen LogP) is -0.559. The Hall–Kier alpha value is -1.60. The molecule has 1 aromatic heterocycles. The number of nitrogens with one attached hydrogen (secondary N) is 1. The zero-order chi connectivity index (χ0) is 13.8. The summed E-state index contributed by atoms with van der Waals surface area (Å²) in [4.78, 5) is 16.4. The molecule has 2 rings (SSSR count). The SMILES string of the molecule is Cc1[nH]nc(N)c1C(=O)N1CCCN(CCO)CC1. The average molecular weight is 267 g/mol. The van der Waals surface area contributed by atoms with Gasteiger partial charge in [-0.1, -0.05) is 0 Å². The number of β-amino-alcohol motifs (C(OH)–C–C–N with tert-alkyl or cyclic N) is 1. The third-order valence-corrected chi connectivity index (χ3v) is 3.48. The number of aryl methyl sites for hydroxylation is 1. The maximum Gasteiger partial charge on any atom is 0.259 e. The van der Waals surface area contributed by atoms with E-state index < -0.39 is 0 Å². The molecule has 1 aromatic rings. The summed E-state index contributed by atoms with van der Waals surface area (Å²) in [5.41, 5.74) is 6.92. The van der Waals surface area contributed by atoms with Gasteiger partial charge in [-0.05, 0) is 19.9 Å². The van der Waals surface area contributed by atoms with Crippen molar-refractivity contribution in [3.63, 3.8) is 0 Å². The van der Waals surface area contributed by atoms with E-state index >= 15 is 0 Å². The van der Waals surface area contributed by atoms with Crippen LogP contribution in [0.5, 0.6) is 0 Å². The van der Waals surface area contributed by atoms with Crippen LogP contribution in [-0.4, -0.2) is 70.3 Å². The van der Waals surface area contributed by atoms with Crippen molar-refractivity contribution < 1.29 is 9.90 Å². The highest BCUT2D eigenvalue weighted by Gasteiger charge is 2.24. The van der Waals surface area contributed by atoms with Crippen LogP contribution < -0.4 is 5.73 Å². The minimum absolute atomic E-state index is 0.0606. The van der Waals surface area contributed by atoms with E-state index in [1.54, 1.807) is 6.92 Å². The maximum absolute atomic E-state index is 12.4. The molecule has 0 spiro atoms. The number of carbonyl (C=O) groups is 1. The lowest BCUT2D eigenvalue weighted by atomic mass is 10.2. The molecule has 0 atom stereocenters. The molecule has 0 saturated carbocycles. The molecule has 0 unspecified atom stereocenters. The van der Waals surface area contributed by atoms with Crippen LogP contribution in [0.15, 0.2) is 0 Å². The van der Waals surface area contributed by atoms with Crippen LogP contribution in [0.3, 0.4) is 0 Å². The lowest BCUT2D eigenvalue weighted by Crippen LogP contribution is -2.36. The summed E-state index contributed by atoms with van der Waals surface area (Å²) in [5, 5.41) is 15.6. The van der Waals surface area contributed by atoms with Gasteiger partial charge in [-0.2, -0.15) is 5.10 Å². The number of H-pyrrole nitrogens is 1. The van der Waals surface area contributed by atoms with Gasteiger partial charge in [0.1, 0.15) is 5.56 Å². The highest BCUT2D eigenvalue weighted by molar-refractivity contribution is 5.99.